The van der Waals surface area contributed by atoms with Crippen LogP contribution in [0.4, 0.5) is 4.79 Å². The van der Waals surface area contributed by atoms with Crippen LogP contribution in [0.3, 0.4) is 0 Å². The lowest BCUT2D eigenvalue weighted by molar-refractivity contribution is -0.268. The number of para-hydroxylation sites is 1. The molecule has 7 rings (SSSR count). The summed E-state index contributed by atoms with van der Waals surface area (Å²) in [5.74, 6) is 0.246. The van der Waals surface area contributed by atoms with Gasteiger partial charge in [-0.25, -0.2) is 14.6 Å². The van der Waals surface area contributed by atoms with Gasteiger partial charge in [-0.15, -0.1) is 11.3 Å². The number of fused-ring (bicyclic) bond motifs is 1. The number of nitrogens with zero attached hydrogens (tertiary/aromatic N) is 1. The van der Waals surface area contributed by atoms with E-state index in [0.29, 0.717) is 12.2 Å². The van der Waals surface area contributed by atoms with Gasteiger partial charge in [0.15, 0.2) is 10.6 Å². The summed E-state index contributed by atoms with van der Waals surface area (Å²) in [6, 6.07) is 40.5. The smallest absolute Gasteiger partial charge is 0.328 e. The summed E-state index contributed by atoms with van der Waals surface area (Å²) in [6.45, 7) is 2.41. The number of thioether (sulfide) groups is 1. The Kier molecular flexibility index (Phi) is 12.6. The molecule has 2 amide bonds. The Morgan fingerprint density at radius 2 is 1.56 bits per heavy atom. The first kappa shape index (κ1) is 38.2. The SMILES string of the molecule is COC(=O)C(Cc1ccccc1)NC(=O)NCc1cccc(-c2cccc(C3OC(CSc4nc5ccccc5s4)C(C)C(c4ccc(CO)cc4)O3)c2)c1. The van der Waals surface area contributed by atoms with Gasteiger partial charge in [-0.05, 0) is 57.6 Å². The molecule has 6 aromatic rings. The molecule has 1 fully saturated rings. The number of esters is 1. The minimum Gasteiger partial charge on any atom is -0.467 e. The fourth-order valence-electron chi connectivity index (χ4n) is 6.68. The van der Waals surface area contributed by atoms with E-state index in [-0.39, 0.29) is 31.3 Å². The molecular weight excluding hydrogens is 731 g/mol. The second-order valence-corrected chi connectivity index (χ2v) is 15.8. The van der Waals surface area contributed by atoms with E-state index in [0.717, 1.165) is 53.5 Å². The summed E-state index contributed by atoms with van der Waals surface area (Å²) in [7, 11) is 1.31. The van der Waals surface area contributed by atoms with Gasteiger partial charge in [0.2, 0.25) is 0 Å². The molecule has 1 saturated heterocycles. The van der Waals surface area contributed by atoms with Crippen molar-refractivity contribution in [2.45, 2.75) is 55.4 Å². The first-order valence-electron chi connectivity index (χ1n) is 18.2. The van der Waals surface area contributed by atoms with Gasteiger partial charge in [0.05, 0.1) is 36.1 Å². The van der Waals surface area contributed by atoms with Crippen LogP contribution in [0.15, 0.2) is 132 Å². The maximum absolute atomic E-state index is 12.9. The number of hydrogen-bond donors (Lipinski definition) is 3. The number of amides is 2. The van der Waals surface area contributed by atoms with Gasteiger partial charge in [-0.2, -0.15) is 0 Å². The molecule has 0 saturated carbocycles. The van der Waals surface area contributed by atoms with Crippen LogP contribution in [0.5, 0.6) is 0 Å². The van der Waals surface area contributed by atoms with Crippen LogP contribution in [0.2, 0.25) is 0 Å². The number of thiazole rings is 1. The number of benzene rings is 5. The molecular formula is C44H43N3O6S2. The number of hydrogen-bond acceptors (Lipinski definition) is 9. The van der Waals surface area contributed by atoms with Crippen LogP contribution in [0.1, 0.15) is 47.1 Å². The molecule has 0 bridgehead atoms. The van der Waals surface area contributed by atoms with Crippen molar-refractivity contribution in [3.05, 3.63) is 155 Å². The summed E-state index contributed by atoms with van der Waals surface area (Å²) < 4.78 is 20.6. The van der Waals surface area contributed by atoms with Crippen LogP contribution in [0, 0.1) is 5.92 Å². The first-order valence-corrected chi connectivity index (χ1v) is 20.0. The molecule has 55 heavy (non-hydrogen) atoms. The van der Waals surface area contributed by atoms with E-state index in [1.54, 1.807) is 23.1 Å². The Morgan fingerprint density at radius 3 is 2.33 bits per heavy atom. The van der Waals surface area contributed by atoms with E-state index in [9.17, 15) is 14.7 Å². The van der Waals surface area contributed by atoms with E-state index >= 15 is 0 Å². The van der Waals surface area contributed by atoms with E-state index in [2.05, 4.69) is 29.7 Å². The molecule has 0 aliphatic carbocycles. The fourth-order valence-corrected chi connectivity index (χ4v) is 8.94. The number of aliphatic hydroxyl groups excluding tert-OH is 1. The van der Waals surface area contributed by atoms with Crippen LogP contribution < -0.4 is 10.6 Å². The Bertz CT molecular complexity index is 2180. The maximum atomic E-state index is 12.9. The third-order valence-electron chi connectivity index (χ3n) is 9.71. The first-order chi connectivity index (χ1) is 26.9. The number of methoxy groups -OCH3 is 1. The molecule has 0 radical (unpaired) electrons. The Morgan fingerprint density at radius 1 is 0.836 bits per heavy atom. The zero-order valence-corrected chi connectivity index (χ0v) is 32.2. The standard InChI is InChI=1S/C44H43N3O6S2/c1-28-38(27-54-44-47-36-16-6-7-17-39(36)55-44)52-42(53-40(28)32-20-18-30(26-48)19-21-32)35-15-9-14-34(24-35)33-13-8-12-31(22-33)25-45-43(50)46-37(41(49)51-2)23-29-10-4-3-5-11-29/h3-22,24,28,37-38,40,42,48H,23,25-27H2,1-2H3,(H2,45,46,50). The average molecular weight is 774 g/mol. The topological polar surface area (TPSA) is 119 Å². The van der Waals surface area contributed by atoms with E-state index < -0.39 is 24.3 Å². The Labute approximate surface area is 329 Å². The van der Waals surface area contributed by atoms with Crippen LogP contribution in [-0.2, 0) is 38.6 Å². The summed E-state index contributed by atoms with van der Waals surface area (Å²) in [5.41, 5.74) is 7.54. The number of aromatic nitrogens is 1. The third kappa shape index (κ3) is 9.62. The predicted molar refractivity (Wildman–Crippen MR) is 217 cm³/mol. The average Bonchev–Trinajstić information content (AvgIpc) is 3.66. The van der Waals surface area contributed by atoms with Crippen LogP contribution in [0.25, 0.3) is 21.3 Å². The summed E-state index contributed by atoms with van der Waals surface area (Å²) in [6.07, 6.45) is -0.663. The summed E-state index contributed by atoms with van der Waals surface area (Å²) >= 11 is 3.40. The highest BCUT2D eigenvalue weighted by molar-refractivity contribution is 8.01. The predicted octanol–water partition coefficient (Wildman–Crippen LogP) is 8.62. The van der Waals surface area contributed by atoms with Crippen LogP contribution in [-0.4, -0.2) is 47.1 Å². The quantitative estimate of drug-likeness (QED) is 0.0789. The van der Waals surface area contributed by atoms with Crippen molar-refractivity contribution >= 4 is 45.3 Å². The van der Waals surface area contributed by atoms with Crippen molar-refractivity contribution in [2.24, 2.45) is 5.92 Å². The highest BCUT2D eigenvalue weighted by Gasteiger charge is 2.38. The molecule has 9 nitrogen and oxygen atoms in total. The molecule has 282 valence electrons. The molecule has 0 spiro atoms. The number of nitrogens with one attached hydrogen (secondary N) is 2. The van der Waals surface area contributed by atoms with Crippen molar-refractivity contribution in [3.8, 4) is 11.1 Å². The molecule has 5 unspecified atom stereocenters. The molecule has 11 heteroatoms. The maximum Gasteiger partial charge on any atom is 0.328 e. The minimum absolute atomic E-state index is 0.0175. The van der Waals surface area contributed by atoms with Crippen molar-refractivity contribution in [2.75, 3.05) is 12.9 Å². The lowest BCUT2D eigenvalue weighted by Crippen LogP contribution is -2.47. The van der Waals surface area contributed by atoms with Gasteiger partial charge < -0.3 is 30.0 Å². The molecule has 1 aromatic heterocycles. The molecule has 1 aliphatic rings. The third-order valence-corrected chi connectivity index (χ3v) is 12.0. The van der Waals surface area contributed by atoms with Crippen molar-refractivity contribution in [1.82, 2.24) is 15.6 Å². The highest BCUT2D eigenvalue weighted by Crippen LogP contribution is 2.44. The number of carbonyl (C=O) groups excluding carboxylic acids is 2. The monoisotopic (exact) mass is 773 g/mol. The second kappa shape index (κ2) is 18.1. The largest absolute Gasteiger partial charge is 0.467 e. The van der Waals surface area contributed by atoms with Gasteiger partial charge in [-0.1, -0.05) is 122 Å². The van der Waals surface area contributed by atoms with Crippen molar-refractivity contribution in [3.63, 3.8) is 0 Å². The lowest BCUT2D eigenvalue weighted by Gasteiger charge is -2.41. The van der Waals surface area contributed by atoms with E-state index in [4.69, 9.17) is 19.2 Å². The van der Waals surface area contributed by atoms with Gasteiger partial charge in [0, 0.05) is 30.2 Å². The molecule has 2 heterocycles. The van der Waals surface area contributed by atoms with Crippen molar-refractivity contribution < 1.29 is 28.9 Å². The van der Waals surface area contributed by atoms with E-state index in [1.165, 1.54) is 7.11 Å². The summed E-state index contributed by atoms with van der Waals surface area (Å²) in [5, 5.41) is 15.3. The molecule has 5 aromatic carbocycles. The van der Waals surface area contributed by atoms with Gasteiger partial charge >= 0.3 is 12.0 Å². The number of carbonyl (C=O) groups is 2. The number of urea groups is 1. The Balaban J connectivity index is 1.06. The summed E-state index contributed by atoms with van der Waals surface area (Å²) in [4.78, 5) is 30.2. The number of aliphatic hydroxyl groups is 1. The fraction of sp³-hybridized carbons (Fsp3) is 0.250. The highest BCUT2D eigenvalue weighted by atomic mass is 32.2. The van der Waals surface area contributed by atoms with Gasteiger partial charge in [0.25, 0.3) is 0 Å². The van der Waals surface area contributed by atoms with E-state index in [1.807, 2.05) is 115 Å². The minimum atomic E-state index is -0.820. The second-order valence-electron chi connectivity index (χ2n) is 13.5. The van der Waals surface area contributed by atoms with Crippen LogP contribution >= 0.6 is 23.1 Å². The normalized spacial score (nSPS) is 18.7. The Hall–Kier alpha value is -5.04. The number of rotatable bonds is 13. The van der Waals surface area contributed by atoms with Gasteiger partial charge in [0.1, 0.15) is 6.04 Å². The zero-order chi connectivity index (χ0) is 38.1. The molecule has 1 aliphatic heterocycles. The van der Waals surface area contributed by atoms with Gasteiger partial charge in [-0.3, -0.25) is 0 Å². The van der Waals surface area contributed by atoms with Crippen molar-refractivity contribution in [1.29, 1.82) is 0 Å². The zero-order valence-electron chi connectivity index (χ0n) is 30.6. The molecule has 5 atom stereocenters. The number of ether oxygens (including phenoxy) is 3. The lowest BCUT2D eigenvalue weighted by atomic mass is 9.91. The molecule has 3 N–H and O–H groups in total.